The summed E-state index contributed by atoms with van der Waals surface area (Å²) < 4.78 is 10.9. The number of anilines is 1. The number of methoxy groups -OCH3 is 1. The second kappa shape index (κ2) is 8.92. The molecule has 0 radical (unpaired) electrons. The lowest BCUT2D eigenvalue weighted by Gasteiger charge is -2.25. The van der Waals surface area contributed by atoms with Gasteiger partial charge in [0.05, 0.1) is 18.4 Å². The lowest BCUT2D eigenvalue weighted by molar-refractivity contribution is 0.0456. The van der Waals surface area contributed by atoms with E-state index in [9.17, 15) is 4.79 Å². The first-order valence-corrected chi connectivity index (χ1v) is 9.18. The first-order chi connectivity index (χ1) is 13.1. The Balaban J connectivity index is 1.83. The van der Waals surface area contributed by atoms with Crippen LogP contribution in [0.15, 0.2) is 30.3 Å². The van der Waals surface area contributed by atoms with Gasteiger partial charge in [0.2, 0.25) is 5.95 Å². The number of carbonyl (C=O) groups excluding carboxylic acids is 1. The quantitative estimate of drug-likeness (QED) is 0.804. The van der Waals surface area contributed by atoms with Crippen molar-refractivity contribution >= 4 is 11.9 Å². The van der Waals surface area contributed by atoms with Gasteiger partial charge in [0.25, 0.3) is 5.91 Å². The number of aryl methyl sites for hydroxylation is 1. The number of carbonyl (C=O) groups is 1. The maximum Gasteiger partial charge on any atom is 0.254 e. The molecular weight excluding hydrogens is 344 g/mol. The molecule has 0 spiro atoms. The molecule has 1 aliphatic heterocycles. The molecule has 2 N–H and O–H groups in total. The summed E-state index contributed by atoms with van der Waals surface area (Å²) in [7, 11) is 1.64. The Morgan fingerprint density at radius 3 is 2.93 bits per heavy atom. The van der Waals surface area contributed by atoms with E-state index in [-0.39, 0.29) is 18.0 Å². The van der Waals surface area contributed by atoms with Crippen molar-refractivity contribution in [1.29, 1.82) is 0 Å². The largest absolute Gasteiger partial charge is 0.383 e. The fourth-order valence-corrected chi connectivity index (χ4v) is 3.24. The van der Waals surface area contributed by atoms with Gasteiger partial charge in [0, 0.05) is 43.6 Å². The van der Waals surface area contributed by atoms with E-state index in [4.69, 9.17) is 15.2 Å². The highest BCUT2D eigenvalue weighted by atomic mass is 16.5. The van der Waals surface area contributed by atoms with Gasteiger partial charge in [-0.05, 0) is 38.0 Å². The lowest BCUT2D eigenvalue weighted by Crippen LogP contribution is -2.39. The summed E-state index contributed by atoms with van der Waals surface area (Å²) in [4.78, 5) is 23.3. The maximum absolute atomic E-state index is 13.1. The Hall–Kier alpha value is -2.51. The van der Waals surface area contributed by atoms with Gasteiger partial charge in [-0.15, -0.1) is 0 Å². The topological polar surface area (TPSA) is 90.6 Å². The molecule has 1 atom stereocenters. The van der Waals surface area contributed by atoms with E-state index >= 15 is 0 Å². The normalized spacial score (nSPS) is 16.4. The van der Waals surface area contributed by atoms with Crippen molar-refractivity contribution in [3.05, 3.63) is 41.6 Å². The molecular formula is C20H26N4O3. The predicted octanol–water partition coefficient (Wildman–Crippen LogP) is 2.30. The van der Waals surface area contributed by atoms with Crippen LogP contribution in [-0.4, -0.2) is 60.3 Å². The fraction of sp³-hybridized carbons (Fsp3) is 0.450. The minimum Gasteiger partial charge on any atom is -0.383 e. The van der Waals surface area contributed by atoms with Gasteiger partial charge in [-0.1, -0.05) is 12.1 Å². The molecule has 2 heterocycles. The van der Waals surface area contributed by atoms with Crippen LogP contribution in [0.25, 0.3) is 11.3 Å². The number of ether oxygens (including phenoxy) is 2. The number of benzene rings is 1. The summed E-state index contributed by atoms with van der Waals surface area (Å²) in [6.07, 6.45) is 2.12. The van der Waals surface area contributed by atoms with Crippen molar-refractivity contribution in [3.63, 3.8) is 0 Å². The van der Waals surface area contributed by atoms with Crippen molar-refractivity contribution in [2.45, 2.75) is 25.9 Å². The molecule has 1 aliphatic rings. The second-order valence-electron chi connectivity index (χ2n) is 6.71. The van der Waals surface area contributed by atoms with Crippen molar-refractivity contribution in [2.75, 3.05) is 39.1 Å². The molecule has 1 fully saturated rings. The molecule has 1 amide bonds. The number of rotatable bonds is 7. The Labute approximate surface area is 159 Å². The van der Waals surface area contributed by atoms with Crippen molar-refractivity contribution in [3.8, 4) is 11.3 Å². The summed E-state index contributed by atoms with van der Waals surface area (Å²) in [5, 5.41) is 0. The summed E-state index contributed by atoms with van der Waals surface area (Å²) in [5.74, 6) is 0.185. The molecule has 2 aromatic rings. The van der Waals surface area contributed by atoms with Gasteiger partial charge in [0.1, 0.15) is 0 Å². The van der Waals surface area contributed by atoms with Gasteiger partial charge in [-0.2, -0.15) is 0 Å². The Kier molecular flexibility index (Phi) is 6.36. The third kappa shape index (κ3) is 5.02. The van der Waals surface area contributed by atoms with Crippen LogP contribution in [0, 0.1) is 6.92 Å². The van der Waals surface area contributed by atoms with Gasteiger partial charge in [-0.25, -0.2) is 9.97 Å². The predicted molar refractivity (Wildman–Crippen MR) is 103 cm³/mol. The van der Waals surface area contributed by atoms with Crippen LogP contribution >= 0.6 is 0 Å². The fourth-order valence-electron chi connectivity index (χ4n) is 3.24. The maximum atomic E-state index is 13.1. The van der Waals surface area contributed by atoms with Crippen LogP contribution in [0.5, 0.6) is 0 Å². The number of nitrogens with zero attached hydrogens (tertiary/aromatic N) is 3. The number of nitrogen functional groups attached to an aromatic ring is 1. The van der Waals surface area contributed by atoms with E-state index in [2.05, 4.69) is 9.97 Å². The van der Waals surface area contributed by atoms with E-state index in [1.165, 1.54) is 0 Å². The van der Waals surface area contributed by atoms with Crippen LogP contribution in [0.2, 0.25) is 0 Å². The van der Waals surface area contributed by atoms with Crippen LogP contribution in [0.3, 0.4) is 0 Å². The number of hydrogen-bond donors (Lipinski definition) is 1. The number of amides is 1. The third-order valence-electron chi connectivity index (χ3n) is 4.58. The monoisotopic (exact) mass is 370 g/mol. The first kappa shape index (κ1) is 19.3. The van der Waals surface area contributed by atoms with E-state index < -0.39 is 0 Å². The SMILES string of the molecule is COCCN(CC1CCCO1)C(=O)c1cccc(-c2cc(C)nc(N)n2)c1. The highest BCUT2D eigenvalue weighted by molar-refractivity contribution is 5.95. The number of aromatic nitrogens is 2. The van der Waals surface area contributed by atoms with Crippen LogP contribution in [0.4, 0.5) is 5.95 Å². The molecule has 7 heteroatoms. The zero-order valence-corrected chi connectivity index (χ0v) is 15.9. The number of nitrogens with two attached hydrogens (primary N) is 1. The van der Waals surface area contributed by atoms with Crippen molar-refractivity contribution in [1.82, 2.24) is 14.9 Å². The zero-order chi connectivity index (χ0) is 19.2. The summed E-state index contributed by atoms with van der Waals surface area (Å²) >= 11 is 0. The van der Waals surface area contributed by atoms with E-state index in [0.29, 0.717) is 31.0 Å². The van der Waals surface area contributed by atoms with Gasteiger partial charge in [-0.3, -0.25) is 4.79 Å². The Morgan fingerprint density at radius 2 is 2.22 bits per heavy atom. The van der Waals surface area contributed by atoms with E-state index in [0.717, 1.165) is 30.7 Å². The van der Waals surface area contributed by atoms with Crippen LogP contribution in [-0.2, 0) is 9.47 Å². The molecule has 1 aromatic carbocycles. The average Bonchev–Trinajstić information content (AvgIpc) is 3.17. The number of hydrogen-bond acceptors (Lipinski definition) is 6. The van der Waals surface area contributed by atoms with Gasteiger partial charge in [0.15, 0.2) is 0 Å². The van der Waals surface area contributed by atoms with Crippen molar-refractivity contribution < 1.29 is 14.3 Å². The summed E-state index contributed by atoms with van der Waals surface area (Å²) in [6.45, 7) is 4.22. The smallest absolute Gasteiger partial charge is 0.254 e. The molecule has 0 aliphatic carbocycles. The molecule has 1 aromatic heterocycles. The molecule has 3 rings (SSSR count). The average molecular weight is 370 g/mol. The van der Waals surface area contributed by atoms with Gasteiger partial charge >= 0.3 is 0 Å². The van der Waals surface area contributed by atoms with Crippen LogP contribution < -0.4 is 5.73 Å². The van der Waals surface area contributed by atoms with E-state index in [1.807, 2.05) is 37.3 Å². The summed E-state index contributed by atoms with van der Waals surface area (Å²) in [5.41, 5.74) is 8.70. The second-order valence-corrected chi connectivity index (χ2v) is 6.71. The lowest BCUT2D eigenvalue weighted by atomic mass is 10.1. The minimum atomic E-state index is -0.0387. The minimum absolute atomic E-state index is 0.0387. The summed E-state index contributed by atoms with van der Waals surface area (Å²) in [6, 6.07) is 9.29. The first-order valence-electron chi connectivity index (χ1n) is 9.18. The Morgan fingerprint density at radius 1 is 1.37 bits per heavy atom. The van der Waals surface area contributed by atoms with Crippen LogP contribution in [0.1, 0.15) is 28.9 Å². The molecule has 1 saturated heterocycles. The zero-order valence-electron chi connectivity index (χ0n) is 15.9. The molecule has 27 heavy (non-hydrogen) atoms. The molecule has 0 bridgehead atoms. The van der Waals surface area contributed by atoms with E-state index in [1.54, 1.807) is 12.0 Å². The highest BCUT2D eigenvalue weighted by Gasteiger charge is 2.23. The third-order valence-corrected chi connectivity index (χ3v) is 4.58. The molecule has 1 unspecified atom stereocenters. The standard InChI is InChI=1S/C20H26N4O3/c1-14-11-18(23-20(21)22-14)15-5-3-6-16(12-15)19(25)24(8-10-26-2)13-17-7-4-9-27-17/h3,5-6,11-12,17H,4,7-10,13H2,1-2H3,(H2,21,22,23). The van der Waals surface area contributed by atoms with Gasteiger partial charge < -0.3 is 20.1 Å². The molecule has 7 nitrogen and oxygen atoms in total. The van der Waals surface area contributed by atoms with Crippen molar-refractivity contribution in [2.24, 2.45) is 0 Å². The molecule has 144 valence electrons. The molecule has 0 saturated carbocycles. The highest BCUT2D eigenvalue weighted by Crippen LogP contribution is 2.21. The Bertz CT molecular complexity index is 770.